The lowest BCUT2D eigenvalue weighted by molar-refractivity contribution is 0.0755. The predicted octanol–water partition coefficient (Wildman–Crippen LogP) is 2.31. The SMILES string of the molecule is CC(C)N(C)C(=O)c1ccc(F)cc1. The van der Waals surface area contributed by atoms with E-state index in [2.05, 4.69) is 0 Å². The van der Waals surface area contributed by atoms with Crippen LogP contribution in [0.25, 0.3) is 0 Å². The van der Waals surface area contributed by atoms with Crippen molar-refractivity contribution in [2.75, 3.05) is 7.05 Å². The van der Waals surface area contributed by atoms with Gasteiger partial charge in [-0.25, -0.2) is 4.39 Å². The average molecular weight is 195 g/mol. The molecule has 2 nitrogen and oxygen atoms in total. The molecule has 1 aromatic rings. The first-order valence-electron chi connectivity index (χ1n) is 4.55. The Morgan fingerprint density at radius 3 is 2.21 bits per heavy atom. The lowest BCUT2D eigenvalue weighted by Gasteiger charge is -2.21. The molecule has 1 aromatic carbocycles. The summed E-state index contributed by atoms with van der Waals surface area (Å²) in [5.74, 6) is -0.409. The topological polar surface area (TPSA) is 20.3 Å². The Kier molecular flexibility index (Phi) is 3.23. The van der Waals surface area contributed by atoms with Gasteiger partial charge in [-0.1, -0.05) is 0 Å². The number of carbonyl (C=O) groups is 1. The number of hydrogen-bond acceptors (Lipinski definition) is 1. The minimum atomic E-state index is -0.325. The molecule has 0 bridgehead atoms. The van der Waals surface area contributed by atoms with Crippen LogP contribution in [0.4, 0.5) is 4.39 Å². The third kappa shape index (κ3) is 2.31. The maximum absolute atomic E-state index is 12.6. The second-order valence-corrected chi connectivity index (χ2v) is 3.52. The fourth-order valence-electron chi connectivity index (χ4n) is 1.03. The molecule has 0 aliphatic heterocycles. The zero-order chi connectivity index (χ0) is 10.7. The lowest BCUT2D eigenvalue weighted by atomic mass is 10.2. The fourth-order valence-corrected chi connectivity index (χ4v) is 1.03. The maximum Gasteiger partial charge on any atom is 0.253 e. The molecule has 0 aliphatic carbocycles. The summed E-state index contributed by atoms with van der Waals surface area (Å²) < 4.78 is 12.6. The number of benzene rings is 1. The molecule has 3 heteroatoms. The van der Waals surface area contributed by atoms with Crippen LogP contribution >= 0.6 is 0 Å². The van der Waals surface area contributed by atoms with Crippen molar-refractivity contribution in [3.63, 3.8) is 0 Å². The first-order chi connectivity index (χ1) is 6.52. The molecule has 0 heterocycles. The van der Waals surface area contributed by atoms with E-state index in [0.717, 1.165) is 0 Å². The van der Waals surface area contributed by atoms with Crippen LogP contribution in [0.1, 0.15) is 24.2 Å². The van der Waals surface area contributed by atoms with Crippen molar-refractivity contribution in [1.82, 2.24) is 4.90 Å². The van der Waals surface area contributed by atoms with E-state index in [-0.39, 0.29) is 17.8 Å². The van der Waals surface area contributed by atoms with Crippen LogP contribution in [0.5, 0.6) is 0 Å². The molecule has 0 fully saturated rings. The molecule has 76 valence electrons. The molecule has 0 N–H and O–H groups in total. The minimum absolute atomic E-state index is 0.0833. The van der Waals surface area contributed by atoms with Gasteiger partial charge in [0.25, 0.3) is 5.91 Å². The minimum Gasteiger partial charge on any atom is -0.339 e. The second kappa shape index (κ2) is 4.22. The van der Waals surface area contributed by atoms with Crippen LogP contribution in [0, 0.1) is 5.82 Å². The van der Waals surface area contributed by atoms with Gasteiger partial charge < -0.3 is 4.90 Å². The molecule has 0 spiro atoms. The standard InChI is InChI=1S/C11H14FNO/c1-8(2)13(3)11(14)9-4-6-10(12)7-5-9/h4-8H,1-3H3. The third-order valence-corrected chi connectivity index (χ3v) is 2.19. The summed E-state index contributed by atoms with van der Waals surface area (Å²) >= 11 is 0. The highest BCUT2D eigenvalue weighted by Gasteiger charge is 2.13. The molecule has 0 atom stereocenters. The van der Waals surface area contributed by atoms with E-state index < -0.39 is 0 Å². The van der Waals surface area contributed by atoms with Gasteiger partial charge in [0, 0.05) is 18.7 Å². The lowest BCUT2D eigenvalue weighted by Crippen LogP contribution is -2.32. The van der Waals surface area contributed by atoms with Gasteiger partial charge in [-0.05, 0) is 38.1 Å². The molecule has 0 saturated heterocycles. The second-order valence-electron chi connectivity index (χ2n) is 3.52. The molecule has 1 rings (SSSR count). The van der Waals surface area contributed by atoms with E-state index in [9.17, 15) is 9.18 Å². The van der Waals surface area contributed by atoms with Crippen molar-refractivity contribution in [2.24, 2.45) is 0 Å². The first-order valence-corrected chi connectivity index (χ1v) is 4.55. The number of carbonyl (C=O) groups excluding carboxylic acids is 1. The van der Waals surface area contributed by atoms with E-state index in [1.807, 2.05) is 13.8 Å². The predicted molar refractivity (Wildman–Crippen MR) is 53.6 cm³/mol. The van der Waals surface area contributed by atoms with E-state index in [1.165, 1.54) is 24.3 Å². The van der Waals surface area contributed by atoms with Gasteiger partial charge >= 0.3 is 0 Å². The Bertz CT molecular complexity index is 319. The smallest absolute Gasteiger partial charge is 0.253 e. The van der Waals surface area contributed by atoms with Crippen LogP contribution < -0.4 is 0 Å². The maximum atomic E-state index is 12.6. The van der Waals surface area contributed by atoms with Gasteiger partial charge in [-0.3, -0.25) is 4.79 Å². The van der Waals surface area contributed by atoms with E-state index in [4.69, 9.17) is 0 Å². The number of nitrogens with zero attached hydrogens (tertiary/aromatic N) is 1. The summed E-state index contributed by atoms with van der Waals surface area (Å²) in [4.78, 5) is 13.3. The summed E-state index contributed by atoms with van der Waals surface area (Å²) in [6, 6.07) is 5.73. The monoisotopic (exact) mass is 195 g/mol. The van der Waals surface area contributed by atoms with Crippen LogP contribution in [0.15, 0.2) is 24.3 Å². The first kappa shape index (κ1) is 10.7. The fraction of sp³-hybridized carbons (Fsp3) is 0.364. The van der Waals surface area contributed by atoms with Crippen LogP contribution in [-0.4, -0.2) is 23.9 Å². The Morgan fingerprint density at radius 2 is 1.79 bits per heavy atom. The summed E-state index contributed by atoms with van der Waals surface area (Å²) in [7, 11) is 1.73. The molecule has 1 amide bonds. The van der Waals surface area contributed by atoms with Gasteiger partial charge in [0.05, 0.1) is 0 Å². The Hall–Kier alpha value is -1.38. The molecule has 0 aromatic heterocycles. The molecule has 0 unspecified atom stereocenters. The third-order valence-electron chi connectivity index (χ3n) is 2.19. The van der Waals surface area contributed by atoms with Crippen LogP contribution in [0.2, 0.25) is 0 Å². The highest BCUT2D eigenvalue weighted by atomic mass is 19.1. The normalized spacial score (nSPS) is 10.4. The highest BCUT2D eigenvalue weighted by molar-refractivity contribution is 5.94. The molecule has 0 radical (unpaired) electrons. The average Bonchev–Trinajstić information content (AvgIpc) is 2.16. The molecule has 14 heavy (non-hydrogen) atoms. The van der Waals surface area contributed by atoms with Crippen molar-refractivity contribution in [2.45, 2.75) is 19.9 Å². The zero-order valence-corrected chi connectivity index (χ0v) is 8.62. The van der Waals surface area contributed by atoms with Crippen LogP contribution in [-0.2, 0) is 0 Å². The van der Waals surface area contributed by atoms with E-state index in [0.29, 0.717) is 5.56 Å². The summed E-state index contributed by atoms with van der Waals surface area (Å²) in [6.07, 6.45) is 0. The van der Waals surface area contributed by atoms with Crippen molar-refractivity contribution in [3.8, 4) is 0 Å². The Labute approximate surface area is 83.3 Å². The molecule has 0 saturated carbocycles. The van der Waals surface area contributed by atoms with Gasteiger partial charge in [-0.15, -0.1) is 0 Å². The van der Waals surface area contributed by atoms with E-state index in [1.54, 1.807) is 11.9 Å². The number of halogens is 1. The van der Waals surface area contributed by atoms with E-state index >= 15 is 0 Å². The molecule has 0 aliphatic rings. The Morgan fingerprint density at radius 1 is 1.29 bits per heavy atom. The van der Waals surface area contributed by atoms with Crippen molar-refractivity contribution >= 4 is 5.91 Å². The number of hydrogen-bond donors (Lipinski definition) is 0. The van der Waals surface area contributed by atoms with Gasteiger partial charge in [0.2, 0.25) is 0 Å². The van der Waals surface area contributed by atoms with Gasteiger partial charge in [0.1, 0.15) is 5.82 Å². The van der Waals surface area contributed by atoms with Crippen molar-refractivity contribution in [3.05, 3.63) is 35.6 Å². The Balaban J connectivity index is 2.84. The highest BCUT2D eigenvalue weighted by Crippen LogP contribution is 2.07. The molecular formula is C11H14FNO. The summed E-state index contributed by atoms with van der Waals surface area (Å²) in [5.41, 5.74) is 0.516. The number of amides is 1. The van der Waals surface area contributed by atoms with Crippen molar-refractivity contribution in [1.29, 1.82) is 0 Å². The van der Waals surface area contributed by atoms with Crippen LogP contribution in [0.3, 0.4) is 0 Å². The van der Waals surface area contributed by atoms with Gasteiger partial charge in [0.15, 0.2) is 0 Å². The quantitative estimate of drug-likeness (QED) is 0.709. The summed E-state index contributed by atoms with van der Waals surface area (Å²) in [5, 5.41) is 0. The largest absolute Gasteiger partial charge is 0.339 e. The molecular weight excluding hydrogens is 181 g/mol. The zero-order valence-electron chi connectivity index (χ0n) is 8.62. The number of rotatable bonds is 2. The summed E-state index contributed by atoms with van der Waals surface area (Å²) in [6.45, 7) is 3.86. The van der Waals surface area contributed by atoms with Crippen molar-refractivity contribution < 1.29 is 9.18 Å². The van der Waals surface area contributed by atoms with Gasteiger partial charge in [-0.2, -0.15) is 0 Å².